The van der Waals surface area contributed by atoms with Gasteiger partial charge >= 0.3 is 6.18 Å². The summed E-state index contributed by atoms with van der Waals surface area (Å²) in [5.74, 6) is -1.58. The van der Waals surface area contributed by atoms with Gasteiger partial charge in [-0.3, -0.25) is 4.79 Å². The van der Waals surface area contributed by atoms with Crippen molar-refractivity contribution < 1.29 is 18.0 Å². The van der Waals surface area contributed by atoms with Gasteiger partial charge < -0.3 is 5.32 Å². The monoisotopic (exact) mass is 343 g/mol. The van der Waals surface area contributed by atoms with Crippen LogP contribution >= 0.6 is 15.9 Å². The predicted molar refractivity (Wildman–Crippen MR) is 72.1 cm³/mol. The normalized spacial score (nSPS) is 27.7. The van der Waals surface area contributed by atoms with Crippen molar-refractivity contribution in [2.45, 2.75) is 63.0 Å². The molecule has 0 bridgehead atoms. The summed E-state index contributed by atoms with van der Waals surface area (Å²) in [6.07, 6.45) is -2.47. The first-order valence-corrected chi connectivity index (χ1v) is 7.63. The molecule has 112 valence electrons. The Balaban J connectivity index is 2.37. The zero-order valence-corrected chi connectivity index (χ0v) is 12.9. The van der Waals surface area contributed by atoms with E-state index in [0.717, 1.165) is 6.42 Å². The molecule has 1 rings (SSSR count). The number of nitrogens with one attached hydrogen (secondary N) is 1. The minimum absolute atomic E-state index is 0.0437. The second-order valence-electron chi connectivity index (χ2n) is 5.52. The smallest absolute Gasteiger partial charge is 0.353 e. The van der Waals surface area contributed by atoms with E-state index < -0.39 is 12.1 Å². The summed E-state index contributed by atoms with van der Waals surface area (Å²) in [4.78, 5) is 12.2. The minimum Gasteiger partial charge on any atom is -0.353 e. The van der Waals surface area contributed by atoms with Crippen LogP contribution < -0.4 is 5.32 Å². The average molecular weight is 344 g/mol. The molecule has 1 aliphatic carbocycles. The van der Waals surface area contributed by atoms with E-state index in [2.05, 4.69) is 21.2 Å². The largest absolute Gasteiger partial charge is 0.391 e. The first-order valence-electron chi connectivity index (χ1n) is 6.71. The van der Waals surface area contributed by atoms with E-state index in [1.165, 1.54) is 0 Å². The Labute approximate surface area is 120 Å². The summed E-state index contributed by atoms with van der Waals surface area (Å²) in [6.45, 7) is 3.91. The van der Waals surface area contributed by atoms with Gasteiger partial charge in [-0.1, -0.05) is 22.9 Å². The van der Waals surface area contributed by atoms with Gasteiger partial charge in [-0.25, -0.2) is 0 Å². The van der Waals surface area contributed by atoms with Crippen molar-refractivity contribution in [3.05, 3.63) is 0 Å². The molecule has 6 heteroatoms. The Morgan fingerprint density at radius 3 is 2.21 bits per heavy atom. The number of hydrogen-bond acceptors (Lipinski definition) is 1. The second kappa shape index (κ2) is 6.95. The van der Waals surface area contributed by atoms with Gasteiger partial charge in [-0.2, -0.15) is 13.2 Å². The predicted octanol–water partition coefficient (Wildman–Crippen LogP) is 4.03. The van der Waals surface area contributed by atoms with Crippen LogP contribution in [0.2, 0.25) is 0 Å². The molecule has 0 spiro atoms. The van der Waals surface area contributed by atoms with E-state index >= 15 is 0 Å². The van der Waals surface area contributed by atoms with E-state index in [9.17, 15) is 18.0 Å². The highest BCUT2D eigenvalue weighted by Gasteiger charge is 2.42. The van der Waals surface area contributed by atoms with E-state index in [4.69, 9.17) is 0 Å². The number of rotatable bonds is 4. The lowest BCUT2D eigenvalue weighted by Crippen LogP contribution is -2.40. The summed E-state index contributed by atoms with van der Waals surface area (Å²) in [7, 11) is 0. The summed E-state index contributed by atoms with van der Waals surface area (Å²) in [5.41, 5.74) is 0. The van der Waals surface area contributed by atoms with Crippen LogP contribution in [0.5, 0.6) is 0 Å². The van der Waals surface area contributed by atoms with Crippen LogP contribution in [0, 0.1) is 11.8 Å². The van der Waals surface area contributed by atoms with Crippen molar-refractivity contribution in [2.24, 2.45) is 11.8 Å². The van der Waals surface area contributed by atoms with Gasteiger partial charge in [0.25, 0.3) is 0 Å². The van der Waals surface area contributed by atoms with Crippen LogP contribution in [-0.4, -0.2) is 23.0 Å². The third kappa shape index (κ3) is 5.71. The van der Waals surface area contributed by atoms with Gasteiger partial charge in [0.05, 0.1) is 5.92 Å². The van der Waals surface area contributed by atoms with Crippen molar-refractivity contribution in [2.75, 3.05) is 0 Å². The van der Waals surface area contributed by atoms with Gasteiger partial charge in [0.1, 0.15) is 0 Å². The van der Waals surface area contributed by atoms with E-state index in [1.54, 1.807) is 0 Å². The number of carbonyl (C=O) groups is 1. The molecule has 1 N–H and O–H groups in total. The highest BCUT2D eigenvalue weighted by Crippen LogP contribution is 2.39. The lowest BCUT2D eigenvalue weighted by molar-refractivity contribution is -0.184. The van der Waals surface area contributed by atoms with Crippen molar-refractivity contribution in [3.8, 4) is 0 Å². The molecule has 19 heavy (non-hydrogen) atoms. The van der Waals surface area contributed by atoms with Gasteiger partial charge in [-0.05, 0) is 39.0 Å². The molecule has 0 radical (unpaired) electrons. The molecule has 0 aliphatic heterocycles. The molecule has 0 aromatic heterocycles. The molecule has 1 amide bonds. The van der Waals surface area contributed by atoms with Crippen LogP contribution in [-0.2, 0) is 4.79 Å². The Morgan fingerprint density at radius 1 is 1.26 bits per heavy atom. The maximum atomic E-state index is 12.5. The quantitative estimate of drug-likeness (QED) is 0.767. The Hall–Kier alpha value is -0.260. The zero-order valence-electron chi connectivity index (χ0n) is 11.3. The van der Waals surface area contributed by atoms with Crippen molar-refractivity contribution in [1.29, 1.82) is 0 Å². The summed E-state index contributed by atoms with van der Waals surface area (Å²) in [5, 5.41) is 2.88. The molecule has 2 nitrogen and oxygen atoms in total. The van der Waals surface area contributed by atoms with E-state index in [-0.39, 0.29) is 30.7 Å². The maximum absolute atomic E-state index is 12.5. The Bertz CT molecular complexity index is 299. The Morgan fingerprint density at radius 2 is 1.79 bits per heavy atom. The zero-order chi connectivity index (χ0) is 14.6. The van der Waals surface area contributed by atoms with Crippen LogP contribution in [0.1, 0.15) is 46.0 Å². The molecule has 0 saturated heterocycles. The van der Waals surface area contributed by atoms with Gasteiger partial charge in [0.2, 0.25) is 5.91 Å². The SMILES string of the molecule is CC(Br)CC(C)NC(=O)C1CCC(C(F)(F)F)CC1. The first kappa shape index (κ1) is 16.8. The summed E-state index contributed by atoms with van der Waals surface area (Å²) < 4.78 is 37.6. The van der Waals surface area contributed by atoms with Crippen LogP contribution in [0.3, 0.4) is 0 Å². The summed E-state index contributed by atoms with van der Waals surface area (Å²) in [6, 6.07) is 0.0437. The molecular weight excluding hydrogens is 323 g/mol. The number of carbonyl (C=O) groups excluding carboxylic acids is 1. The standard InChI is InChI=1S/C13H21BrF3NO/c1-8(14)7-9(2)18-12(19)10-3-5-11(6-4-10)13(15,16)17/h8-11H,3-7H2,1-2H3,(H,18,19). The number of hydrogen-bond donors (Lipinski definition) is 1. The number of amides is 1. The van der Waals surface area contributed by atoms with E-state index in [0.29, 0.717) is 17.7 Å². The first-order chi connectivity index (χ1) is 8.70. The molecule has 0 aromatic carbocycles. The van der Waals surface area contributed by atoms with E-state index in [1.807, 2.05) is 13.8 Å². The van der Waals surface area contributed by atoms with Gasteiger partial charge in [-0.15, -0.1) is 0 Å². The van der Waals surface area contributed by atoms with Crippen LogP contribution in [0.4, 0.5) is 13.2 Å². The fourth-order valence-electron chi connectivity index (χ4n) is 2.59. The molecule has 1 aliphatic rings. The molecule has 0 heterocycles. The fourth-order valence-corrected chi connectivity index (χ4v) is 3.15. The third-order valence-electron chi connectivity index (χ3n) is 3.63. The minimum atomic E-state index is -4.11. The molecular formula is C13H21BrF3NO. The van der Waals surface area contributed by atoms with Crippen LogP contribution in [0.25, 0.3) is 0 Å². The topological polar surface area (TPSA) is 29.1 Å². The van der Waals surface area contributed by atoms with Gasteiger partial charge in [0, 0.05) is 16.8 Å². The second-order valence-corrected chi connectivity index (χ2v) is 7.08. The average Bonchev–Trinajstić information content (AvgIpc) is 2.26. The van der Waals surface area contributed by atoms with Gasteiger partial charge in [0.15, 0.2) is 0 Å². The highest BCUT2D eigenvalue weighted by molar-refractivity contribution is 9.09. The molecule has 0 aromatic rings. The summed E-state index contributed by atoms with van der Waals surface area (Å²) >= 11 is 3.41. The highest BCUT2D eigenvalue weighted by atomic mass is 79.9. The maximum Gasteiger partial charge on any atom is 0.391 e. The lowest BCUT2D eigenvalue weighted by atomic mass is 9.81. The molecule has 1 fully saturated rings. The van der Waals surface area contributed by atoms with Crippen molar-refractivity contribution in [1.82, 2.24) is 5.32 Å². The molecule has 1 saturated carbocycles. The van der Waals surface area contributed by atoms with Crippen LogP contribution in [0.15, 0.2) is 0 Å². The number of halogens is 4. The number of alkyl halides is 4. The lowest BCUT2D eigenvalue weighted by Gasteiger charge is -2.30. The third-order valence-corrected chi connectivity index (χ3v) is 4.00. The van der Waals surface area contributed by atoms with Crippen molar-refractivity contribution >= 4 is 21.8 Å². The fraction of sp³-hybridized carbons (Fsp3) is 0.923. The van der Waals surface area contributed by atoms with Crippen molar-refractivity contribution in [3.63, 3.8) is 0 Å². The Kier molecular flexibility index (Phi) is 6.15. The molecule has 2 atom stereocenters. The molecule has 2 unspecified atom stereocenters.